The number of rotatable bonds is 6. The van der Waals surface area contributed by atoms with Crippen LogP contribution in [0.5, 0.6) is 0 Å². The Balaban J connectivity index is 2.17. The van der Waals surface area contributed by atoms with Gasteiger partial charge in [-0.3, -0.25) is 0 Å². The normalized spacial score (nSPS) is 15.0. The second-order valence-electron chi connectivity index (χ2n) is 7.00. The van der Waals surface area contributed by atoms with Crippen molar-refractivity contribution >= 4 is 0 Å². The standard InChI is InChI=1S/C19H25F3N2O/c1-11(2)17(14-6-8-15(9-7-14)19(20,21)22)23-13(5)16-10-25-18(24-16)12(3)4/h6-13,17,23H,1-5H3/t13-,17+/m1/s1. The minimum atomic E-state index is -4.32. The molecular formula is C19H25F3N2O. The van der Waals surface area contributed by atoms with Gasteiger partial charge < -0.3 is 9.73 Å². The Morgan fingerprint density at radius 2 is 1.60 bits per heavy atom. The molecule has 6 heteroatoms. The lowest BCUT2D eigenvalue weighted by Gasteiger charge is -2.26. The zero-order chi connectivity index (χ0) is 18.8. The number of hydrogen-bond acceptors (Lipinski definition) is 3. The first kappa shape index (κ1) is 19.5. The molecule has 0 saturated carbocycles. The average molecular weight is 354 g/mol. The Kier molecular flexibility index (Phi) is 5.93. The van der Waals surface area contributed by atoms with Crippen LogP contribution in [-0.4, -0.2) is 4.98 Å². The van der Waals surface area contributed by atoms with E-state index in [1.165, 1.54) is 12.1 Å². The van der Waals surface area contributed by atoms with Gasteiger partial charge in [0.15, 0.2) is 5.89 Å². The Hall–Kier alpha value is -1.82. The van der Waals surface area contributed by atoms with Crippen molar-refractivity contribution in [2.45, 2.75) is 58.8 Å². The molecule has 2 rings (SSSR count). The van der Waals surface area contributed by atoms with Crippen LogP contribution in [0.1, 0.15) is 75.3 Å². The van der Waals surface area contributed by atoms with Crippen LogP contribution in [0.3, 0.4) is 0 Å². The third kappa shape index (κ3) is 4.84. The third-order valence-electron chi connectivity index (χ3n) is 4.17. The van der Waals surface area contributed by atoms with Crippen molar-refractivity contribution in [2.75, 3.05) is 0 Å². The highest BCUT2D eigenvalue weighted by molar-refractivity contribution is 5.27. The van der Waals surface area contributed by atoms with Gasteiger partial charge in [-0.2, -0.15) is 13.2 Å². The predicted octanol–water partition coefficient (Wildman–Crippen LogP) is 5.86. The number of nitrogens with one attached hydrogen (secondary N) is 1. The summed E-state index contributed by atoms with van der Waals surface area (Å²) in [5, 5.41) is 3.46. The molecule has 1 N–H and O–H groups in total. The summed E-state index contributed by atoms with van der Waals surface area (Å²) in [5.74, 6) is 1.09. The largest absolute Gasteiger partial charge is 0.448 e. The summed E-state index contributed by atoms with van der Waals surface area (Å²) in [4.78, 5) is 4.48. The quantitative estimate of drug-likeness (QED) is 0.705. The molecule has 0 aliphatic heterocycles. The Labute approximate surface area is 146 Å². The molecule has 0 unspecified atom stereocenters. The highest BCUT2D eigenvalue weighted by atomic mass is 19.4. The molecule has 0 aliphatic carbocycles. The number of benzene rings is 1. The van der Waals surface area contributed by atoms with Crippen molar-refractivity contribution in [1.29, 1.82) is 0 Å². The minimum absolute atomic E-state index is 0.0778. The van der Waals surface area contributed by atoms with E-state index in [0.717, 1.165) is 23.4 Å². The Morgan fingerprint density at radius 1 is 1.00 bits per heavy atom. The Bertz CT molecular complexity index is 675. The lowest BCUT2D eigenvalue weighted by Crippen LogP contribution is -2.28. The van der Waals surface area contributed by atoms with Gasteiger partial charge in [0, 0.05) is 12.0 Å². The fourth-order valence-electron chi connectivity index (χ4n) is 2.67. The maximum atomic E-state index is 12.7. The van der Waals surface area contributed by atoms with Crippen molar-refractivity contribution in [3.63, 3.8) is 0 Å². The minimum Gasteiger partial charge on any atom is -0.448 e. The lowest BCUT2D eigenvalue weighted by atomic mass is 9.94. The van der Waals surface area contributed by atoms with Crippen molar-refractivity contribution in [1.82, 2.24) is 10.3 Å². The fraction of sp³-hybridized carbons (Fsp3) is 0.526. The topological polar surface area (TPSA) is 38.1 Å². The van der Waals surface area contributed by atoms with E-state index in [0.29, 0.717) is 5.89 Å². The zero-order valence-corrected chi connectivity index (χ0v) is 15.2. The summed E-state index contributed by atoms with van der Waals surface area (Å²) in [5.41, 5.74) is 0.980. The molecule has 2 aromatic rings. The lowest BCUT2D eigenvalue weighted by molar-refractivity contribution is -0.137. The highest BCUT2D eigenvalue weighted by Gasteiger charge is 2.30. The van der Waals surface area contributed by atoms with Gasteiger partial charge in [-0.1, -0.05) is 39.8 Å². The summed E-state index contributed by atoms with van der Waals surface area (Å²) in [6.45, 7) is 10.1. The second-order valence-corrected chi connectivity index (χ2v) is 7.00. The number of alkyl halides is 3. The first-order chi connectivity index (χ1) is 11.6. The van der Waals surface area contributed by atoms with Gasteiger partial charge in [-0.25, -0.2) is 4.98 Å². The molecule has 0 radical (unpaired) electrons. The first-order valence-corrected chi connectivity index (χ1v) is 8.48. The molecule has 0 bridgehead atoms. The van der Waals surface area contributed by atoms with Crippen molar-refractivity contribution in [2.24, 2.45) is 5.92 Å². The molecule has 25 heavy (non-hydrogen) atoms. The van der Waals surface area contributed by atoms with E-state index < -0.39 is 11.7 Å². The molecular weight excluding hydrogens is 329 g/mol. The van der Waals surface area contributed by atoms with E-state index in [4.69, 9.17) is 4.42 Å². The third-order valence-corrected chi connectivity index (χ3v) is 4.17. The highest BCUT2D eigenvalue weighted by Crippen LogP contribution is 2.32. The predicted molar refractivity (Wildman–Crippen MR) is 91.2 cm³/mol. The fourth-order valence-corrected chi connectivity index (χ4v) is 2.67. The summed E-state index contributed by atoms with van der Waals surface area (Å²) >= 11 is 0. The summed E-state index contributed by atoms with van der Waals surface area (Å²) in [6.07, 6.45) is -2.68. The van der Waals surface area contributed by atoms with Crippen LogP contribution in [0.2, 0.25) is 0 Å². The van der Waals surface area contributed by atoms with E-state index in [-0.39, 0.29) is 23.9 Å². The molecule has 3 nitrogen and oxygen atoms in total. The smallest absolute Gasteiger partial charge is 0.416 e. The van der Waals surface area contributed by atoms with E-state index in [1.807, 2.05) is 34.6 Å². The SMILES string of the molecule is CC(C)c1nc([C@@H](C)N[C@H](c2ccc(C(F)(F)F)cc2)C(C)C)co1. The van der Waals surface area contributed by atoms with Gasteiger partial charge in [-0.15, -0.1) is 0 Å². The van der Waals surface area contributed by atoms with Crippen LogP contribution in [0, 0.1) is 5.92 Å². The molecule has 1 heterocycles. The molecule has 2 atom stereocenters. The summed E-state index contributed by atoms with van der Waals surface area (Å²) in [6, 6.07) is 5.17. The van der Waals surface area contributed by atoms with Crippen LogP contribution in [0.15, 0.2) is 34.9 Å². The van der Waals surface area contributed by atoms with Crippen LogP contribution in [0.25, 0.3) is 0 Å². The molecule has 0 fully saturated rings. The van der Waals surface area contributed by atoms with Crippen LogP contribution < -0.4 is 5.32 Å². The van der Waals surface area contributed by atoms with Gasteiger partial charge in [0.1, 0.15) is 6.26 Å². The molecule has 138 valence electrons. The van der Waals surface area contributed by atoms with Crippen LogP contribution in [0.4, 0.5) is 13.2 Å². The van der Waals surface area contributed by atoms with E-state index >= 15 is 0 Å². The first-order valence-electron chi connectivity index (χ1n) is 8.48. The molecule has 0 aliphatic rings. The molecule has 0 spiro atoms. The van der Waals surface area contributed by atoms with E-state index in [1.54, 1.807) is 6.26 Å². The van der Waals surface area contributed by atoms with Crippen LogP contribution >= 0.6 is 0 Å². The average Bonchev–Trinajstić information content (AvgIpc) is 3.01. The summed E-state index contributed by atoms with van der Waals surface area (Å²) < 4.78 is 43.7. The van der Waals surface area contributed by atoms with Crippen molar-refractivity contribution in [3.8, 4) is 0 Å². The zero-order valence-electron chi connectivity index (χ0n) is 15.2. The molecule has 0 amide bonds. The van der Waals surface area contributed by atoms with E-state index in [9.17, 15) is 13.2 Å². The van der Waals surface area contributed by atoms with Crippen molar-refractivity contribution in [3.05, 3.63) is 53.2 Å². The maximum Gasteiger partial charge on any atom is 0.416 e. The van der Waals surface area contributed by atoms with Gasteiger partial charge in [-0.05, 0) is 30.5 Å². The van der Waals surface area contributed by atoms with Gasteiger partial charge in [0.2, 0.25) is 0 Å². The number of hydrogen-bond donors (Lipinski definition) is 1. The number of nitrogens with zero attached hydrogens (tertiary/aromatic N) is 1. The monoisotopic (exact) mass is 354 g/mol. The molecule has 0 saturated heterocycles. The van der Waals surface area contributed by atoms with Crippen LogP contribution in [-0.2, 0) is 6.18 Å². The number of aromatic nitrogens is 1. The molecule has 1 aromatic carbocycles. The molecule has 1 aromatic heterocycles. The number of oxazole rings is 1. The second kappa shape index (κ2) is 7.60. The maximum absolute atomic E-state index is 12.7. The van der Waals surface area contributed by atoms with Gasteiger partial charge in [0.25, 0.3) is 0 Å². The number of halogens is 3. The van der Waals surface area contributed by atoms with E-state index in [2.05, 4.69) is 10.3 Å². The van der Waals surface area contributed by atoms with Gasteiger partial charge >= 0.3 is 6.18 Å². The summed E-state index contributed by atoms with van der Waals surface area (Å²) in [7, 11) is 0. The Morgan fingerprint density at radius 3 is 2.04 bits per heavy atom. The van der Waals surface area contributed by atoms with Crippen molar-refractivity contribution < 1.29 is 17.6 Å². The van der Waals surface area contributed by atoms with Gasteiger partial charge in [0.05, 0.1) is 17.3 Å².